The van der Waals surface area contributed by atoms with E-state index in [1.807, 2.05) is 65.0 Å². The highest BCUT2D eigenvalue weighted by Gasteiger charge is 2.23. The van der Waals surface area contributed by atoms with Crippen LogP contribution in [-0.2, 0) is 16.1 Å². The fourth-order valence-electron chi connectivity index (χ4n) is 2.20. The van der Waals surface area contributed by atoms with Crippen LogP contribution in [0.25, 0.3) is 0 Å². The van der Waals surface area contributed by atoms with Gasteiger partial charge in [0.15, 0.2) is 0 Å². The van der Waals surface area contributed by atoms with Gasteiger partial charge in [-0.25, -0.2) is 9.59 Å². The van der Waals surface area contributed by atoms with Gasteiger partial charge < -0.3 is 19.7 Å². The van der Waals surface area contributed by atoms with E-state index >= 15 is 0 Å². The fraction of sp³-hybridized carbons (Fsp3) is 0.579. The molecule has 2 amide bonds. The summed E-state index contributed by atoms with van der Waals surface area (Å²) in [6.45, 7) is 10.5. The molecule has 1 aromatic carbocycles. The summed E-state index contributed by atoms with van der Waals surface area (Å²) in [5.41, 5.74) is 0.376. The fourth-order valence-corrected chi connectivity index (χ4v) is 2.20. The Morgan fingerprint density at radius 2 is 1.84 bits per heavy atom. The number of nitrogens with one attached hydrogen (secondary N) is 1. The number of rotatable bonds is 7. The summed E-state index contributed by atoms with van der Waals surface area (Å²) < 4.78 is 10.6. The number of carbonyl (C=O) groups is 2. The number of nitrogens with zero attached hydrogens (tertiary/aromatic N) is 1. The lowest BCUT2D eigenvalue weighted by Gasteiger charge is -2.29. The molecule has 0 aliphatic rings. The molecule has 0 saturated carbocycles. The zero-order valence-corrected chi connectivity index (χ0v) is 15.9. The lowest BCUT2D eigenvalue weighted by molar-refractivity contribution is 0.0232. The van der Waals surface area contributed by atoms with Crippen LogP contribution in [0.2, 0.25) is 0 Å². The third-order valence-electron chi connectivity index (χ3n) is 3.22. The molecule has 0 aliphatic carbocycles. The predicted octanol–water partition coefficient (Wildman–Crippen LogP) is 3.95. The van der Waals surface area contributed by atoms with Crippen molar-refractivity contribution in [3.8, 4) is 0 Å². The molecular weight excluding hydrogens is 320 g/mol. The van der Waals surface area contributed by atoms with Gasteiger partial charge in [-0.15, -0.1) is 0 Å². The molecule has 0 unspecified atom stereocenters. The first-order valence-corrected chi connectivity index (χ1v) is 8.66. The van der Waals surface area contributed by atoms with Crippen LogP contribution in [0.4, 0.5) is 9.59 Å². The zero-order chi connectivity index (χ0) is 18.9. The topological polar surface area (TPSA) is 67.9 Å². The van der Waals surface area contributed by atoms with E-state index in [-0.39, 0.29) is 18.7 Å². The second kappa shape index (κ2) is 9.91. The predicted molar refractivity (Wildman–Crippen MR) is 97.3 cm³/mol. The minimum absolute atomic E-state index is 0.212. The van der Waals surface area contributed by atoms with Gasteiger partial charge in [0.25, 0.3) is 0 Å². The summed E-state index contributed by atoms with van der Waals surface area (Å²) in [5.74, 6) is 0. The molecule has 6 nitrogen and oxygen atoms in total. The second-order valence-corrected chi connectivity index (χ2v) is 7.03. The maximum Gasteiger partial charge on any atom is 0.410 e. The maximum absolute atomic E-state index is 12.2. The van der Waals surface area contributed by atoms with E-state index in [9.17, 15) is 9.59 Å². The summed E-state index contributed by atoms with van der Waals surface area (Å²) in [4.78, 5) is 25.7. The van der Waals surface area contributed by atoms with Crippen molar-refractivity contribution in [2.75, 3.05) is 13.1 Å². The first-order valence-electron chi connectivity index (χ1n) is 8.66. The standard InChI is InChI=1S/C19H30N2O4/c1-6-12-21(18(23)25-19(3,4)5)13-15(2)20-17(22)24-14-16-10-8-7-9-11-16/h7-11,15H,6,12-14H2,1-5H3,(H,20,22)/t15-/m0/s1. The molecule has 1 aromatic rings. The molecule has 0 aliphatic heterocycles. The summed E-state index contributed by atoms with van der Waals surface area (Å²) in [7, 11) is 0. The maximum atomic E-state index is 12.2. The van der Waals surface area contributed by atoms with Gasteiger partial charge in [0.05, 0.1) is 0 Å². The lowest BCUT2D eigenvalue weighted by atomic mass is 10.2. The Morgan fingerprint density at radius 1 is 1.20 bits per heavy atom. The molecular formula is C19H30N2O4. The van der Waals surface area contributed by atoms with Crippen molar-refractivity contribution in [2.24, 2.45) is 0 Å². The van der Waals surface area contributed by atoms with Crippen LogP contribution >= 0.6 is 0 Å². The molecule has 1 rings (SSSR count). The Morgan fingerprint density at radius 3 is 2.40 bits per heavy atom. The second-order valence-electron chi connectivity index (χ2n) is 7.03. The zero-order valence-electron chi connectivity index (χ0n) is 15.9. The van der Waals surface area contributed by atoms with Gasteiger partial charge in [-0.2, -0.15) is 0 Å². The third kappa shape index (κ3) is 8.98. The van der Waals surface area contributed by atoms with Crippen molar-refractivity contribution in [2.45, 2.75) is 59.3 Å². The SMILES string of the molecule is CCCN(C[C@H](C)NC(=O)OCc1ccccc1)C(=O)OC(C)(C)C. The highest BCUT2D eigenvalue weighted by Crippen LogP contribution is 2.11. The molecule has 6 heteroatoms. The number of hydrogen-bond acceptors (Lipinski definition) is 4. The number of ether oxygens (including phenoxy) is 2. The van der Waals surface area contributed by atoms with Gasteiger partial charge in [-0.3, -0.25) is 0 Å². The third-order valence-corrected chi connectivity index (χ3v) is 3.22. The Balaban J connectivity index is 2.46. The summed E-state index contributed by atoms with van der Waals surface area (Å²) in [6.07, 6.45) is -0.0672. The summed E-state index contributed by atoms with van der Waals surface area (Å²) >= 11 is 0. The number of amides is 2. The largest absolute Gasteiger partial charge is 0.445 e. The quantitative estimate of drug-likeness (QED) is 0.808. The highest BCUT2D eigenvalue weighted by molar-refractivity contribution is 5.69. The van der Waals surface area contributed by atoms with Crippen molar-refractivity contribution < 1.29 is 19.1 Å². The summed E-state index contributed by atoms with van der Waals surface area (Å²) in [6, 6.07) is 9.22. The van der Waals surface area contributed by atoms with E-state index in [2.05, 4.69) is 5.32 Å². The molecule has 0 heterocycles. The molecule has 1 N–H and O–H groups in total. The van der Waals surface area contributed by atoms with Crippen LogP contribution < -0.4 is 5.32 Å². The van der Waals surface area contributed by atoms with Crippen LogP contribution in [0.3, 0.4) is 0 Å². The van der Waals surface area contributed by atoms with Crippen LogP contribution in [0, 0.1) is 0 Å². The van der Waals surface area contributed by atoms with Crippen LogP contribution in [0.1, 0.15) is 46.6 Å². The van der Waals surface area contributed by atoms with Crippen molar-refractivity contribution in [3.05, 3.63) is 35.9 Å². The molecule has 0 fully saturated rings. The van der Waals surface area contributed by atoms with Gasteiger partial charge in [-0.1, -0.05) is 37.3 Å². The Hall–Kier alpha value is -2.24. The molecule has 0 spiro atoms. The van der Waals surface area contributed by atoms with Crippen molar-refractivity contribution in [1.29, 1.82) is 0 Å². The highest BCUT2D eigenvalue weighted by atomic mass is 16.6. The molecule has 1 atom stereocenters. The average molecular weight is 350 g/mol. The first-order chi connectivity index (χ1) is 11.7. The number of benzene rings is 1. The van der Waals surface area contributed by atoms with Gasteiger partial charge in [0, 0.05) is 19.1 Å². The summed E-state index contributed by atoms with van der Waals surface area (Å²) in [5, 5.41) is 2.75. The lowest BCUT2D eigenvalue weighted by Crippen LogP contribution is -2.46. The molecule has 0 radical (unpaired) electrons. The normalized spacial score (nSPS) is 12.2. The van der Waals surface area contributed by atoms with Crippen LogP contribution in [0.5, 0.6) is 0 Å². The molecule has 25 heavy (non-hydrogen) atoms. The Bertz CT molecular complexity index is 540. The van der Waals surface area contributed by atoms with Gasteiger partial charge in [0.2, 0.25) is 0 Å². The van der Waals surface area contributed by atoms with E-state index in [4.69, 9.17) is 9.47 Å². The van der Waals surface area contributed by atoms with Crippen LogP contribution in [-0.4, -0.2) is 41.8 Å². The number of carbonyl (C=O) groups excluding carboxylic acids is 2. The van der Waals surface area contributed by atoms with Gasteiger partial charge in [0.1, 0.15) is 12.2 Å². The molecule has 0 bridgehead atoms. The van der Waals surface area contributed by atoms with E-state index in [1.54, 1.807) is 4.90 Å². The van der Waals surface area contributed by atoms with E-state index in [0.717, 1.165) is 12.0 Å². The molecule has 0 aromatic heterocycles. The monoisotopic (exact) mass is 350 g/mol. The van der Waals surface area contributed by atoms with Crippen molar-refractivity contribution in [1.82, 2.24) is 10.2 Å². The van der Waals surface area contributed by atoms with Crippen molar-refractivity contribution in [3.63, 3.8) is 0 Å². The smallest absolute Gasteiger partial charge is 0.410 e. The molecule has 0 saturated heterocycles. The number of hydrogen-bond donors (Lipinski definition) is 1. The molecule has 140 valence electrons. The van der Waals surface area contributed by atoms with Crippen molar-refractivity contribution >= 4 is 12.2 Å². The first kappa shape index (κ1) is 20.8. The van der Waals surface area contributed by atoms with Crippen LogP contribution in [0.15, 0.2) is 30.3 Å². The minimum Gasteiger partial charge on any atom is -0.445 e. The Kier molecular flexibility index (Phi) is 8.25. The Labute approximate surface area is 150 Å². The van der Waals surface area contributed by atoms with E-state index in [0.29, 0.717) is 13.1 Å². The number of alkyl carbamates (subject to hydrolysis) is 1. The van der Waals surface area contributed by atoms with Gasteiger partial charge in [-0.05, 0) is 39.7 Å². The minimum atomic E-state index is -0.547. The van der Waals surface area contributed by atoms with Gasteiger partial charge >= 0.3 is 12.2 Å². The van der Waals surface area contributed by atoms with E-state index < -0.39 is 11.7 Å². The average Bonchev–Trinajstić information content (AvgIpc) is 2.52. The van der Waals surface area contributed by atoms with E-state index in [1.165, 1.54) is 0 Å².